The molecule has 0 bridgehead atoms. The summed E-state index contributed by atoms with van der Waals surface area (Å²) in [6, 6.07) is 4.78. The Morgan fingerprint density at radius 1 is 1.56 bits per heavy atom. The third-order valence-electron chi connectivity index (χ3n) is 3.09. The molecule has 1 aromatic rings. The predicted octanol–water partition coefficient (Wildman–Crippen LogP) is 3.51. The van der Waals surface area contributed by atoms with Gasteiger partial charge in [0.1, 0.15) is 11.9 Å². The van der Waals surface area contributed by atoms with Crippen molar-refractivity contribution in [2.24, 2.45) is 5.92 Å². The fourth-order valence-electron chi connectivity index (χ4n) is 2.02. The van der Waals surface area contributed by atoms with Crippen LogP contribution < -0.4 is 0 Å². The molecule has 0 amide bonds. The average Bonchev–Trinajstić information content (AvgIpc) is 3.13. The Morgan fingerprint density at radius 2 is 2.28 bits per heavy atom. The number of hydrogen-bond donors (Lipinski definition) is 0. The van der Waals surface area contributed by atoms with Gasteiger partial charge in [0.05, 0.1) is 0 Å². The zero-order valence-electron chi connectivity index (χ0n) is 10.3. The molecule has 1 aromatic carbocycles. The SMILES string of the molecule is CCOC(C(=O)Cc1ccc(Br)cc1F)C1CC1. The molecule has 0 saturated heterocycles. The van der Waals surface area contributed by atoms with Gasteiger partial charge in [-0.05, 0) is 43.4 Å². The van der Waals surface area contributed by atoms with Gasteiger partial charge in [-0.1, -0.05) is 22.0 Å². The maximum absolute atomic E-state index is 13.7. The monoisotopic (exact) mass is 314 g/mol. The van der Waals surface area contributed by atoms with Gasteiger partial charge < -0.3 is 4.74 Å². The standard InChI is InChI=1S/C14H16BrFO2/c1-2-18-14(9-3-4-9)13(17)7-10-5-6-11(15)8-12(10)16/h5-6,8-9,14H,2-4,7H2,1H3. The molecule has 0 N–H and O–H groups in total. The smallest absolute Gasteiger partial charge is 0.166 e. The summed E-state index contributed by atoms with van der Waals surface area (Å²) in [5.41, 5.74) is 0.438. The summed E-state index contributed by atoms with van der Waals surface area (Å²) in [4.78, 5) is 12.1. The molecule has 0 radical (unpaired) electrons. The van der Waals surface area contributed by atoms with Gasteiger partial charge in [0.25, 0.3) is 0 Å². The molecule has 1 atom stereocenters. The van der Waals surface area contributed by atoms with Crippen molar-refractivity contribution in [3.8, 4) is 0 Å². The maximum atomic E-state index is 13.7. The zero-order chi connectivity index (χ0) is 13.1. The van der Waals surface area contributed by atoms with Gasteiger partial charge in [0.2, 0.25) is 0 Å². The van der Waals surface area contributed by atoms with Crippen molar-refractivity contribution in [2.75, 3.05) is 6.61 Å². The molecule has 1 aliphatic carbocycles. The highest BCUT2D eigenvalue weighted by Gasteiger charge is 2.36. The van der Waals surface area contributed by atoms with Gasteiger partial charge >= 0.3 is 0 Å². The minimum absolute atomic E-state index is 0.0134. The normalized spacial score (nSPS) is 16.6. The first-order chi connectivity index (χ1) is 8.61. The molecule has 1 fully saturated rings. The van der Waals surface area contributed by atoms with Crippen molar-refractivity contribution >= 4 is 21.7 Å². The summed E-state index contributed by atoms with van der Waals surface area (Å²) >= 11 is 3.20. The minimum atomic E-state index is -0.349. The summed E-state index contributed by atoms with van der Waals surface area (Å²) in [6.45, 7) is 2.40. The van der Waals surface area contributed by atoms with Gasteiger partial charge in [-0.15, -0.1) is 0 Å². The second-order valence-electron chi connectivity index (χ2n) is 4.59. The van der Waals surface area contributed by atoms with E-state index >= 15 is 0 Å². The van der Waals surface area contributed by atoms with Crippen LogP contribution in [0.15, 0.2) is 22.7 Å². The number of carbonyl (C=O) groups is 1. The fraction of sp³-hybridized carbons (Fsp3) is 0.500. The van der Waals surface area contributed by atoms with E-state index in [-0.39, 0.29) is 24.1 Å². The van der Waals surface area contributed by atoms with Gasteiger partial charge in [0, 0.05) is 17.5 Å². The molecule has 0 heterocycles. The number of benzene rings is 1. The van der Waals surface area contributed by atoms with Crippen molar-refractivity contribution in [3.63, 3.8) is 0 Å². The second kappa shape index (κ2) is 5.93. The summed E-state index contributed by atoms with van der Waals surface area (Å²) in [7, 11) is 0. The molecule has 98 valence electrons. The van der Waals surface area contributed by atoms with Crippen LogP contribution in [0.2, 0.25) is 0 Å². The van der Waals surface area contributed by atoms with E-state index in [2.05, 4.69) is 15.9 Å². The predicted molar refractivity (Wildman–Crippen MR) is 70.9 cm³/mol. The van der Waals surface area contributed by atoms with Crippen molar-refractivity contribution in [1.29, 1.82) is 0 Å². The third kappa shape index (κ3) is 3.39. The summed E-state index contributed by atoms with van der Waals surface area (Å²) in [5, 5.41) is 0. The zero-order valence-corrected chi connectivity index (χ0v) is 11.9. The van der Waals surface area contributed by atoms with E-state index in [0.717, 1.165) is 12.8 Å². The van der Waals surface area contributed by atoms with E-state index in [0.29, 0.717) is 22.6 Å². The van der Waals surface area contributed by atoms with Gasteiger partial charge in [-0.3, -0.25) is 4.79 Å². The molecule has 2 nitrogen and oxygen atoms in total. The van der Waals surface area contributed by atoms with Crippen molar-refractivity contribution in [2.45, 2.75) is 32.3 Å². The first-order valence-electron chi connectivity index (χ1n) is 6.20. The molecule has 0 aromatic heterocycles. The fourth-order valence-corrected chi connectivity index (χ4v) is 2.36. The number of halogens is 2. The van der Waals surface area contributed by atoms with Crippen LogP contribution in [0.4, 0.5) is 4.39 Å². The van der Waals surface area contributed by atoms with Crippen molar-refractivity contribution < 1.29 is 13.9 Å². The highest BCUT2D eigenvalue weighted by atomic mass is 79.9. The van der Waals surface area contributed by atoms with Crippen LogP contribution in [0, 0.1) is 11.7 Å². The van der Waals surface area contributed by atoms with E-state index in [4.69, 9.17) is 4.74 Å². The van der Waals surface area contributed by atoms with Crippen LogP contribution in [0.3, 0.4) is 0 Å². The van der Waals surface area contributed by atoms with Crippen LogP contribution in [-0.2, 0) is 16.0 Å². The Hall–Kier alpha value is -0.740. The van der Waals surface area contributed by atoms with E-state index < -0.39 is 0 Å². The second-order valence-corrected chi connectivity index (χ2v) is 5.51. The Morgan fingerprint density at radius 3 is 2.83 bits per heavy atom. The highest BCUT2D eigenvalue weighted by molar-refractivity contribution is 9.10. The van der Waals surface area contributed by atoms with Crippen molar-refractivity contribution in [1.82, 2.24) is 0 Å². The van der Waals surface area contributed by atoms with Crippen LogP contribution in [-0.4, -0.2) is 18.5 Å². The lowest BCUT2D eigenvalue weighted by atomic mass is 10.0. The molecule has 4 heteroatoms. The van der Waals surface area contributed by atoms with E-state index in [1.807, 2.05) is 6.92 Å². The first kappa shape index (κ1) is 13.7. The number of ether oxygens (including phenoxy) is 1. The van der Waals surface area contributed by atoms with Crippen LogP contribution in [0.25, 0.3) is 0 Å². The van der Waals surface area contributed by atoms with E-state index in [1.54, 1.807) is 12.1 Å². The molecule has 18 heavy (non-hydrogen) atoms. The number of ketones is 1. The Balaban J connectivity index is 2.05. The Labute approximate surface area is 115 Å². The van der Waals surface area contributed by atoms with E-state index in [1.165, 1.54) is 6.07 Å². The largest absolute Gasteiger partial charge is 0.370 e. The summed E-state index contributed by atoms with van der Waals surface area (Å²) < 4.78 is 19.8. The number of Topliss-reactive ketones (excluding diaryl/α,β-unsaturated/α-hetero) is 1. The number of carbonyl (C=O) groups excluding carboxylic acids is 1. The molecule has 2 rings (SSSR count). The molecule has 1 saturated carbocycles. The van der Waals surface area contributed by atoms with Crippen molar-refractivity contribution in [3.05, 3.63) is 34.1 Å². The first-order valence-corrected chi connectivity index (χ1v) is 6.99. The van der Waals surface area contributed by atoms with E-state index in [9.17, 15) is 9.18 Å². The molecule has 0 spiro atoms. The highest BCUT2D eigenvalue weighted by Crippen LogP contribution is 2.35. The topological polar surface area (TPSA) is 26.3 Å². The third-order valence-corrected chi connectivity index (χ3v) is 3.59. The number of hydrogen-bond acceptors (Lipinski definition) is 2. The van der Waals surface area contributed by atoms with Gasteiger partial charge in [-0.25, -0.2) is 4.39 Å². The molecule has 1 unspecified atom stereocenters. The summed E-state index contributed by atoms with van der Waals surface area (Å²) in [5.74, 6) is -0.0136. The van der Waals surface area contributed by atoms with Gasteiger partial charge in [0.15, 0.2) is 5.78 Å². The van der Waals surface area contributed by atoms with Crippen LogP contribution >= 0.6 is 15.9 Å². The Bertz CT molecular complexity index is 443. The average molecular weight is 315 g/mol. The molecule has 0 aliphatic heterocycles. The molecular formula is C14H16BrFO2. The number of rotatable bonds is 6. The minimum Gasteiger partial charge on any atom is -0.370 e. The molecule has 1 aliphatic rings. The lowest BCUT2D eigenvalue weighted by Gasteiger charge is -2.15. The maximum Gasteiger partial charge on any atom is 0.166 e. The van der Waals surface area contributed by atoms with Crippen LogP contribution in [0.1, 0.15) is 25.3 Å². The Kier molecular flexibility index (Phi) is 4.51. The lowest BCUT2D eigenvalue weighted by molar-refractivity contribution is -0.131. The quantitative estimate of drug-likeness (QED) is 0.803. The lowest BCUT2D eigenvalue weighted by Crippen LogP contribution is -2.28. The molecular weight excluding hydrogens is 299 g/mol. The summed E-state index contributed by atoms with van der Waals surface area (Å²) in [6.07, 6.45) is 1.84. The van der Waals surface area contributed by atoms with Gasteiger partial charge in [-0.2, -0.15) is 0 Å². The van der Waals surface area contributed by atoms with Crippen LogP contribution in [0.5, 0.6) is 0 Å².